The molecular weight excluding hydrogens is 404 g/mol. The van der Waals surface area contributed by atoms with Crippen molar-refractivity contribution in [2.45, 2.75) is 39.3 Å². The molecule has 1 aliphatic rings. The van der Waals surface area contributed by atoms with Crippen LogP contribution in [-0.2, 0) is 14.8 Å². The molecule has 30 heavy (non-hydrogen) atoms. The predicted molar refractivity (Wildman–Crippen MR) is 117 cm³/mol. The highest BCUT2D eigenvalue weighted by atomic mass is 32.2. The number of amides is 1. The maximum Gasteiger partial charge on any atom is 0.244 e. The topological polar surface area (TPSA) is 84.9 Å². The molecule has 0 aromatic heterocycles. The average Bonchev–Trinajstić information content (AvgIpc) is 2.70. The molecule has 0 spiro atoms. The van der Waals surface area contributed by atoms with Crippen LogP contribution in [0.5, 0.6) is 11.5 Å². The van der Waals surface area contributed by atoms with Gasteiger partial charge in [-0.3, -0.25) is 9.10 Å². The van der Waals surface area contributed by atoms with Gasteiger partial charge in [-0.15, -0.1) is 0 Å². The summed E-state index contributed by atoms with van der Waals surface area (Å²) >= 11 is 0. The van der Waals surface area contributed by atoms with Crippen LogP contribution in [-0.4, -0.2) is 39.8 Å². The molecule has 7 nitrogen and oxygen atoms in total. The van der Waals surface area contributed by atoms with E-state index in [0.29, 0.717) is 36.8 Å². The predicted octanol–water partition coefficient (Wildman–Crippen LogP) is 3.19. The van der Waals surface area contributed by atoms with Crippen molar-refractivity contribution in [2.75, 3.05) is 23.8 Å². The normalized spacial score (nSPS) is 15.2. The van der Waals surface area contributed by atoms with Crippen LogP contribution in [0, 0.1) is 6.92 Å². The van der Waals surface area contributed by atoms with E-state index in [1.165, 1.54) is 4.31 Å². The van der Waals surface area contributed by atoms with Crippen LogP contribution in [0.15, 0.2) is 42.5 Å². The number of ether oxygens (including phenoxy) is 2. The third-order valence-electron chi connectivity index (χ3n) is 5.01. The Kier molecular flexibility index (Phi) is 6.55. The summed E-state index contributed by atoms with van der Waals surface area (Å²) in [6, 6.07) is 11.5. The summed E-state index contributed by atoms with van der Waals surface area (Å²) in [5, 5.41) is 2.95. The fourth-order valence-electron chi connectivity index (χ4n) is 3.55. The van der Waals surface area contributed by atoms with Crippen LogP contribution in [0.4, 0.5) is 5.69 Å². The molecule has 1 aliphatic heterocycles. The van der Waals surface area contributed by atoms with Gasteiger partial charge in [0.1, 0.15) is 19.3 Å². The number of anilines is 1. The highest BCUT2D eigenvalue weighted by Crippen LogP contribution is 2.32. The summed E-state index contributed by atoms with van der Waals surface area (Å²) in [6.45, 7) is 6.53. The lowest BCUT2D eigenvalue weighted by atomic mass is 10.1. The zero-order valence-corrected chi connectivity index (χ0v) is 18.5. The highest BCUT2D eigenvalue weighted by molar-refractivity contribution is 7.92. The molecule has 0 saturated heterocycles. The van der Waals surface area contributed by atoms with Crippen LogP contribution >= 0.6 is 0 Å². The van der Waals surface area contributed by atoms with E-state index in [1.54, 1.807) is 25.1 Å². The molecule has 0 fully saturated rings. The molecule has 2 aromatic rings. The highest BCUT2D eigenvalue weighted by Gasteiger charge is 2.32. The minimum atomic E-state index is -3.67. The number of fused-ring (bicyclic) bond motifs is 1. The molecule has 3 rings (SSSR count). The lowest BCUT2D eigenvalue weighted by molar-refractivity contribution is -0.122. The average molecular weight is 433 g/mol. The summed E-state index contributed by atoms with van der Waals surface area (Å²) in [5.41, 5.74) is 2.25. The Balaban J connectivity index is 1.83. The van der Waals surface area contributed by atoms with Gasteiger partial charge in [-0.2, -0.15) is 0 Å². The largest absolute Gasteiger partial charge is 0.486 e. The van der Waals surface area contributed by atoms with Gasteiger partial charge >= 0.3 is 0 Å². The van der Waals surface area contributed by atoms with Crippen molar-refractivity contribution in [1.29, 1.82) is 0 Å². The molecule has 2 atom stereocenters. The van der Waals surface area contributed by atoms with Crippen LogP contribution in [0.25, 0.3) is 0 Å². The maximum atomic E-state index is 13.1. The third kappa shape index (κ3) is 4.87. The molecule has 0 unspecified atom stereocenters. The van der Waals surface area contributed by atoms with Gasteiger partial charge in [-0.05, 0) is 55.7 Å². The van der Waals surface area contributed by atoms with Crippen molar-refractivity contribution in [3.05, 3.63) is 53.6 Å². The summed E-state index contributed by atoms with van der Waals surface area (Å²) in [5.74, 6) is 0.967. The van der Waals surface area contributed by atoms with Gasteiger partial charge in [0.25, 0.3) is 0 Å². The van der Waals surface area contributed by atoms with E-state index >= 15 is 0 Å². The summed E-state index contributed by atoms with van der Waals surface area (Å²) < 4.78 is 37.5. The molecule has 1 heterocycles. The first-order chi connectivity index (χ1) is 14.2. The molecular formula is C22H28N2O5S. The van der Waals surface area contributed by atoms with Crippen LogP contribution in [0.3, 0.4) is 0 Å². The minimum absolute atomic E-state index is 0.332. The Labute approximate surface area is 178 Å². The molecule has 162 valence electrons. The summed E-state index contributed by atoms with van der Waals surface area (Å²) in [7, 11) is -3.67. The molecule has 2 aromatic carbocycles. The molecule has 1 amide bonds. The van der Waals surface area contributed by atoms with Crippen molar-refractivity contribution in [1.82, 2.24) is 5.32 Å². The van der Waals surface area contributed by atoms with Crippen LogP contribution in [0.1, 0.15) is 37.4 Å². The van der Waals surface area contributed by atoms with Crippen molar-refractivity contribution in [3.8, 4) is 11.5 Å². The number of benzene rings is 2. The van der Waals surface area contributed by atoms with E-state index in [9.17, 15) is 13.2 Å². The lowest BCUT2D eigenvalue weighted by Crippen LogP contribution is -2.49. The van der Waals surface area contributed by atoms with E-state index in [4.69, 9.17) is 9.47 Å². The number of hydrogen-bond acceptors (Lipinski definition) is 5. The monoisotopic (exact) mass is 432 g/mol. The van der Waals surface area contributed by atoms with Crippen molar-refractivity contribution in [2.24, 2.45) is 0 Å². The zero-order valence-electron chi connectivity index (χ0n) is 17.7. The van der Waals surface area contributed by atoms with Crippen molar-refractivity contribution >= 4 is 21.6 Å². The fraction of sp³-hybridized carbons (Fsp3) is 0.409. The molecule has 0 radical (unpaired) electrons. The number of hydrogen-bond donors (Lipinski definition) is 1. The summed E-state index contributed by atoms with van der Waals surface area (Å²) in [6.07, 6.45) is 1.45. The Morgan fingerprint density at radius 3 is 2.47 bits per heavy atom. The number of carbonyl (C=O) groups excluding carboxylic acids is 1. The van der Waals surface area contributed by atoms with E-state index in [-0.39, 0.29) is 11.9 Å². The van der Waals surface area contributed by atoms with Gasteiger partial charge in [0.05, 0.1) is 18.0 Å². The number of rotatable bonds is 7. The summed E-state index contributed by atoms with van der Waals surface area (Å²) in [4.78, 5) is 13.1. The van der Waals surface area contributed by atoms with Gasteiger partial charge in [0.2, 0.25) is 15.9 Å². The smallest absolute Gasteiger partial charge is 0.244 e. The van der Waals surface area contributed by atoms with Gasteiger partial charge in [0.15, 0.2) is 11.5 Å². The number of nitrogens with zero attached hydrogens (tertiary/aromatic N) is 1. The Bertz CT molecular complexity index is 1020. The fourth-order valence-corrected chi connectivity index (χ4v) is 4.75. The van der Waals surface area contributed by atoms with Crippen LogP contribution < -0.4 is 19.1 Å². The van der Waals surface area contributed by atoms with Gasteiger partial charge in [-0.1, -0.05) is 25.1 Å². The second-order valence-electron chi connectivity index (χ2n) is 7.46. The molecule has 0 bridgehead atoms. The SMILES string of the molecule is CC[C@@H](C(=O)N[C@@H](C)c1ccc2c(c1)OCCO2)N(c1cccc(C)c1)S(C)(=O)=O. The Morgan fingerprint density at radius 1 is 1.13 bits per heavy atom. The van der Waals surface area contributed by atoms with E-state index in [0.717, 1.165) is 17.4 Å². The minimum Gasteiger partial charge on any atom is -0.486 e. The first-order valence-corrected chi connectivity index (χ1v) is 11.8. The quantitative estimate of drug-likeness (QED) is 0.726. The maximum absolute atomic E-state index is 13.1. The second kappa shape index (κ2) is 8.95. The molecule has 1 N–H and O–H groups in total. The standard InChI is InChI=1S/C22H28N2O5S/c1-5-19(24(30(4,26)27)18-8-6-7-15(2)13-18)22(25)23-16(3)17-9-10-20-21(14-17)29-12-11-28-20/h6-10,13-14,16,19H,5,11-12H2,1-4H3,(H,23,25)/t16-,19-/m0/s1. The lowest BCUT2D eigenvalue weighted by Gasteiger charge is -2.31. The molecule has 0 aliphatic carbocycles. The number of sulfonamides is 1. The van der Waals surface area contributed by atoms with E-state index in [1.807, 2.05) is 38.1 Å². The van der Waals surface area contributed by atoms with Gasteiger partial charge in [0, 0.05) is 0 Å². The Morgan fingerprint density at radius 2 is 1.83 bits per heavy atom. The molecule has 8 heteroatoms. The van der Waals surface area contributed by atoms with E-state index < -0.39 is 16.1 Å². The van der Waals surface area contributed by atoms with E-state index in [2.05, 4.69) is 5.32 Å². The third-order valence-corrected chi connectivity index (χ3v) is 6.19. The van der Waals surface area contributed by atoms with Crippen molar-refractivity contribution in [3.63, 3.8) is 0 Å². The number of nitrogens with one attached hydrogen (secondary N) is 1. The first kappa shape index (κ1) is 22.0. The number of carbonyl (C=O) groups is 1. The van der Waals surface area contributed by atoms with Gasteiger partial charge < -0.3 is 14.8 Å². The Hall–Kier alpha value is -2.74. The second-order valence-corrected chi connectivity index (χ2v) is 9.31. The number of aryl methyl sites for hydroxylation is 1. The first-order valence-electron chi connectivity index (χ1n) is 9.96. The molecule has 0 saturated carbocycles. The zero-order chi connectivity index (χ0) is 21.9. The van der Waals surface area contributed by atoms with Gasteiger partial charge in [-0.25, -0.2) is 8.42 Å². The van der Waals surface area contributed by atoms with Crippen LogP contribution in [0.2, 0.25) is 0 Å². The van der Waals surface area contributed by atoms with Crippen molar-refractivity contribution < 1.29 is 22.7 Å².